The summed E-state index contributed by atoms with van der Waals surface area (Å²) in [7, 11) is 0. The molecule has 0 bridgehead atoms. The number of hydrogen-bond donors (Lipinski definition) is 2. The number of nitrogens with one attached hydrogen (secondary N) is 1. The summed E-state index contributed by atoms with van der Waals surface area (Å²) < 4.78 is 0. The Morgan fingerprint density at radius 2 is 1.17 bits per heavy atom. The maximum absolute atomic E-state index is 9.55. The number of rotatable bonds is 3. The average Bonchev–Trinajstić information content (AvgIpc) is 2.44. The minimum atomic E-state index is -0.00868. The summed E-state index contributed by atoms with van der Waals surface area (Å²) in [6, 6.07) is 16.4. The maximum Gasteiger partial charge on any atom is 0.115 e. The van der Waals surface area contributed by atoms with Gasteiger partial charge < -0.3 is 10.4 Å². The van der Waals surface area contributed by atoms with Crippen molar-refractivity contribution < 1.29 is 5.11 Å². The Balaban J connectivity index is 2.39. The Morgan fingerprint density at radius 3 is 1.57 bits per heavy atom. The van der Waals surface area contributed by atoms with Crippen molar-refractivity contribution in [1.82, 2.24) is 5.32 Å². The molecule has 1 unspecified atom stereocenters. The fourth-order valence-corrected chi connectivity index (χ4v) is 2.63. The molecule has 0 aliphatic rings. The molecule has 0 saturated carbocycles. The predicted molar refractivity (Wildman–Crippen MR) is 98.0 cm³/mol. The molecule has 0 saturated heterocycles. The molecule has 2 aromatic carbocycles. The number of hydrogen-bond acceptors (Lipinski definition) is 2. The van der Waals surface area contributed by atoms with Crippen molar-refractivity contribution in [1.29, 1.82) is 0 Å². The van der Waals surface area contributed by atoms with Crippen LogP contribution < -0.4 is 5.32 Å². The normalized spacial score (nSPS) is 13.8. The van der Waals surface area contributed by atoms with Gasteiger partial charge in [-0.05, 0) is 55.0 Å². The second-order valence-electron chi connectivity index (χ2n) is 8.29. The molecule has 0 radical (unpaired) electrons. The van der Waals surface area contributed by atoms with E-state index in [1.165, 1.54) is 11.1 Å². The zero-order chi connectivity index (χ0) is 17.3. The minimum Gasteiger partial charge on any atom is -0.508 e. The molecule has 1 atom stereocenters. The van der Waals surface area contributed by atoms with Crippen LogP contribution in [0.25, 0.3) is 0 Å². The topological polar surface area (TPSA) is 32.3 Å². The van der Waals surface area contributed by atoms with E-state index in [-0.39, 0.29) is 17.0 Å². The van der Waals surface area contributed by atoms with Crippen molar-refractivity contribution in [3.05, 3.63) is 65.2 Å². The molecule has 2 nitrogen and oxygen atoms in total. The molecular weight excluding hydrogens is 282 g/mol. The summed E-state index contributed by atoms with van der Waals surface area (Å²) in [5.74, 6) is 0.298. The molecule has 0 spiro atoms. The van der Waals surface area contributed by atoms with Gasteiger partial charge in [-0.3, -0.25) is 0 Å². The third-order valence-electron chi connectivity index (χ3n) is 3.91. The van der Waals surface area contributed by atoms with Crippen LogP contribution in [0.3, 0.4) is 0 Å². The van der Waals surface area contributed by atoms with Gasteiger partial charge in [0.15, 0.2) is 0 Å². The molecule has 2 N–H and O–H groups in total. The van der Waals surface area contributed by atoms with E-state index in [0.29, 0.717) is 5.75 Å². The Kier molecular flexibility index (Phi) is 4.86. The lowest BCUT2D eigenvalue weighted by molar-refractivity contribution is 0.390. The van der Waals surface area contributed by atoms with Crippen LogP contribution >= 0.6 is 0 Å². The van der Waals surface area contributed by atoms with Gasteiger partial charge in [-0.25, -0.2) is 0 Å². The SMILES string of the molecule is CC(C)(C)NC(c1ccc(O)cc1)c1ccc(C(C)(C)C)cc1. The molecule has 0 amide bonds. The monoisotopic (exact) mass is 311 g/mol. The lowest BCUT2D eigenvalue weighted by Gasteiger charge is -2.30. The zero-order valence-corrected chi connectivity index (χ0v) is 15.1. The van der Waals surface area contributed by atoms with Gasteiger partial charge in [-0.1, -0.05) is 57.2 Å². The first kappa shape index (κ1) is 17.6. The van der Waals surface area contributed by atoms with E-state index in [1.807, 2.05) is 12.1 Å². The molecule has 0 heterocycles. The zero-order valence-electron chi connectivity index (χ0n) is 15.1. The summed E-state index contributed by atoms with van der Waals surface area (Å²) in [5, 5.41) is 13.2. The van der Waals surface area contributed by atoms with Crippen molar-refractivity contribution in [3.8, 4) is 5.75 Å². The molecule has 2 aromatic rings. The van der Waals surface area contributed by atoms with E-state index in [9.17, 15) is 5.11 Å². The highest BCUT2D eigenvalue weighted by Crippen LogP contribution is 2.29. The van der Waals surface area contributed by atoms with Gasteiger partial charge in [0.2, 0.25) is 0 Å². The summed E-state index contributed by atoms with van der Waals surface area (Å²) >= 11 is 0. The fourth-order valence-electron chi connectivity index (χ4n) is 2.63. The largest absolute Gasteiger partial charge is 0.508 e. The molecule has 23 heavy (non-hydrogen) atoms. The van der Waals surface area contributed by atoms with Crippen molar-refractivity contribution in [3.63, 3.8) is 0 Å². The van der Waals surface area contributed by atoms with Crippen LogP contribution in [0.4, 0.5) is 0 Å². The number of phenols is 1. The van der Waals surface area contributed by atoms with Gasteiger partial charge in [0.1, 0.15) is 5.75 Å². The van der Waals surface area contributed by atoms with Crippen LogP contribution in [0.2, 0.25) is 0 Å². The highest BCUT2D eigenvalue weighted by Gasteiger charge is 2.21. The van der Waals surface area contributed by atoms with Crippen LogP contribution in [-0.4, -0.2) is 10.6 Å². The Morgan fingerprint density at radius 1 is 0.739 bits per heavy atom. The molecule has 0 aromatic heterocycles. The molecule has 0 aliphatic carbocycles. The standard InChI is InChI=1S/C21H29NO/c1-20(2,3)17-11-7-15(8-12-17)19(22-21(4,5)6)16-9-13-18(23)14-10-16/h7-14,19,22-23H,1-6H3. The molecule has 2 rings (SSSR count). The third kappa shape index (κ3) is 4.84. The second kappa shape index (κ2) is 6.37. The van der Waals surface area contributed by atoms with Gasteiger partial charge in [-0.15, -0.1) is 0 Å². The minimum absolute atomic E-state index is 0.00868. The van der Waals surface area contributed by atoms with E-state index in [1.54, 1.807) is 12.1 Å². The Bertz CT molecular complexity index is 628. The quantitative estimate of drug-likeness (QED) is 0.820. The summed E-state index contributed by atoms with van der Waals surface area (Å²) in [4.78, 5) is 0. The van der Waals surface area contributed by atoms with Crippen LogP contribution in [-0.2, 0) is 5.41 Å². The van der Waals surface area contributed by atoms with E-state index in [4.69, 9.17) is 0 Å². The van der Waals surface area contributed by atoms with Crippen molar-refractivity contribution in [2.75, 3.05) is 0 Å². The van der Waals surface area contributed by atoms with E-state index in [0.717, 1.165) is 5.56 Å². The van der Waals surface area contributed by atoms with Crippen LogP contribution in [0.1, 0.15) is 64.3 Å². The van der Waals surface area contributed by atoms with Gasteiger partial charge in [0.05, 0.1) is 6.04 Å². The lowest BCUT2D eigenvalue weighted by Crippen LogP contribution is -2.39. The Labute approximate surface area is 140 Å². The average molecular weight is 311 g/mol. The maximum atomic E-state index is 9.55. The van der Waals surface area contributed by atoms with E-state index >= 15 is 0 Å². The second-order valence-corrected chi connectivity index (χ2v) is 8.29. The van der Waals surface area contributed by atoms with Crippen molar-refractivity contribution in [2.24, 2.45) is 0 Å². The van der Waals surface area contributed by atoms with E-state index < -0.39 is 0 Å². The lowest BCUT2D eigenvalue weighted by atomic mass is 9.85. The smallest absolute Gasteiger partial charge is 0.115 e. The predicted octanol–water partition coefficient (Wildman–Crippen LogP) is 5.17. The van der Waals surface area contributed by atoms with Crippen molar-refractivity contribution >= 4 is 0 Å². The third-order valence-corrected chi connectivity index (χ3v) is 3.91. The number of aromatic hydroxyl groups is 1. The molecule has 0 aliphatic heterocycles. The highest BCUT2D eigenvalue weighted by atomic mass is 16.3. The van der Waals surface area contributed by atoms with Crippen LogP contribution in [0.5, 0.6) is 5.75 Å². The molecule has 124 valence electrons. The van der Waals surface area contributed by atoms with E-state index in [2.05, 4.69) is 71.1 Å². The first-order chi connectivity index (χ1) is 10.6. The van der Waals surface area contributed by atoms with Gasteiger partial charge in [0, 0.05) is 5.54 Å². The summed E-state index contributed by atoms with van der Waals surface area (Å²) in [6.07, 6.45) is 0. The Hall–Kier alpha value is -1.80. The molecule has 0 fully saturated rings. The first-order valence-electron chi connectivity index (χ1n) is 8.23. The fraction of sp³-hybridized carbons (Fsp3) is 0.429. The summed E-state index contributed by atoms with van der Waals surface area (Å²) in [6.45, 7) is 13.2. The molecule has 2 heteroatoms. The highest BCUT2D eigenvalue weighted by molar-refractivity contribution is 5.37. The van der Waals surface area contributed by atoms with Gasteiger partial charge >= 0.3 is 0 Å². The van der Waals surface area contributed by atoms with Crippen LogP contribution in [0, 0.1) is 0 Å². The number of phenolic OH excluding ortho intramolecular Hbond substituents is 1. The van der Waals surface area contributed by atoms with Gasteiger partial charge in [0.25, 0.3) is 0 Å². The van der Waals surface area contributed by atoms with Crippen molar-refractivity contribution in [2.45, 2.75) is 58.5 Å². The number of benzene rings is 2. The first-order valence-corrected chi connectivity index (χ1v) is 8.23. The van der Waals surface area contributed by atoms with Gasteiger partial charge in [-0.2, -0.15) is 0 Å². The summed E-state index contributed by atoms with van der Waals surface area (Å²) in [5.41, 5.74) is 3.87. The molecular formula is C21H29NO. The van der Waals surface area contributed by atoms with Crippen LogP contribution in [0.15, 0.2) is 48.5 Å².